The van der Waals surface area contributed by atoms with E-state index in [1.54, 1.807) is 37.3 Å². The van der Waals surface area contributed by atoms with Crippen molar-refractivity contribution in [2.45, 2.75) is 50.9 Å². The molecule has 1 aromatic carbocycles. The second-order valence-electron chi connectivity index (χ2n) is 7.87. The molecule has 1 aliphatic heterocycles. The molecule has 1 aromatic heterocycles. The Morgan fingerprint density at radius 3 is 2.66 bits per heavy atom. The number of aromatic amines is 1. The molecule has 14 heteroatoms. The van der Waals surface area contributed by atoms with Crippen LogP contribution >= 0.6 is 8.18 Å². The topological polar surface area (TPSA) is 149 Å². The second-order valence-corrected chi connectivity index (χ2v) is 9.05. The van der Waals surface area contributed by atoms with Gasteiger partial charge in [0.2, 0.25) is 0 Å². The Hall–Kier alpha value is -2.83. The number of carbonyl (C=O) groups excluding carboxylic acids is 1. The van der Waals surface area contributed by atoms with Crippen LogP contribution in [0.3, 0.4) is 0 Å². The van der Waals surface area contributed by atoms with E-state index < -0.39 is 62.2 Å². The van der Waals surface area contributed by atoms with Gasteiger partial charge in [0.05, 0.1) is 13.2 Å². The van der Waals surface area contributed by atoms with Crippen molar-refractivity contribution in [1.82, 2.24) is 14.4 Å². The van der Waals surface area contributed by atoms with Gasteiger partial charge >= 0.3 is 19.8 Å². The molecule has 2 heterocycles. The van der Waals surface area contributed by atoms with Crippen LogP contribution in [0.2, 0.25) is 0 Å². The fourth-order valence-corrected chi connectivity index (χ4v) is 4.46. The largest absolute Gasteiger partial charge is 0.465 e. The summed E-state index contributed by atoms with van der Waals surface area (Å²) in [5, 5.41) is 10.5. The predicted octanol–water partition coefficient (Wildman–Crippen LogP) is 1.18. The van der Waals surface area contributed by atoms with Crippen LogP contribution in [0.25, 0.3) is 0 Å². The lowest BCUT2D eigenvalue weighted by molar-refractivity contribution is -0.180. The molecule has 1 fully saturated rings. The number of H-pyrrole nitrogens is 1. The number of esters is 1. The third-order valence-corrected chi connectivity index (χ3v) is 6.59. The van der Waals surface area contributed by atoms with E-state index in [2.05, 4.69) is 0 Å². The third-order valence-electron chi connectivity index (χ3n) is 5.31. The highest BCUT2D eigenvalue weighted by molar-refractivity contribution is 7.36. The molecule has 2 unspecified atom stereocenters. The van der Waals surface area contributed by atoms with E-state index in [9.17, 15) is 24.1 Å². The van der Waals surface area contributed by atoms with Crippen molar-refractivity contribution in [3.05, 3.63) is 63.4 Å². The van der Waals surface area contributed by atoms with Crippen LogP contribution in [-0.4, -0.2) is 62.6 Å². The Morgan fingerprint density at radius 2 is 2.03 bits per heavy atom. The van der Waals surface area contributed by atoms with Crippen molar-refractivity contribution < 1.29 is 37.7 Å². The predicted molar refractivity (Wildman–Crippen MR) is 121 cm³/mol. The number of hydroxylamine groups is 1. The van der Waals surface area contributed by atoms with Crippen LogP contribution < -0.4 is 15.8 Å². The lowest BCUT2D eigenvalue weighted by Gasteiger charge is -2.27. The first kappa shape index (κ1) is 26.8. The first-order valence-electron chi connectivity index (χ1n) is 10.8. The van der Waals surface area contributed by atoms with Crippen molar-refractivity contribution in [2.24, 2.45) is 0 Å². The zero-order chi connectivity index (χ0) is 25.8. The fraction of sp³-hybridized carbons (Fsp3) is 0.476. The minimum Gasteiger partial charge on any atom is -0.465 e. The number of carbonyl (C=O) groups is 1. The molecule has 35 heavy (non-hydrogen) atoms. The first-order chi connectivity index (χ1) is 16.6. The summed E-state index contributed by atoms with van der Waals surface area (Å²) in [5.41, 5.74) is -4.07. The molecule has 12 nitrogen and oxygen atoms in total. The van der Waals surface area contributed by atoms with Crippen LogP contribution in [0.4, 0.5) is 4.39 Å². The summed E-state index contributed by atoms with van der Waals surface area (Å²) >= 11 is 0. The maximum absolute atomic E-state index is 15.4. The summed E-state index contributed by atoms with van der Waals surface area (Å²) in [6, 6.07) is 7.99. The molecular formula is C21H27FN3O9P. The molecule has 1 saturated heterocycles. The highest BCUT2D eigenvalue weighted by Crippen LogP contribution is 2.41. The highest BCUT2D eigenvalue weighted by Gasteiger charge is 2.55. The average Bonchev–Trinajstić information content (AvgIpc) is 3.03. The van der Waals surface area contributed by atoms with Gasteiger partial charge in [-0.25, -0.2) is 9.18 Å². The van der Waals surface area contributed by atoms with Gasteiger partial charge in [0, 0.05) is 12.3 Å². The molecule has 192 valence electrons. The number of para-hydroxylation sites is 1. The van der Waals surface area contributed by atoms with Gasteiger partial charge in [-0.3, -0.25) is 28.5 Å². The number of nitrogens with one attached hydrogen (secondary N) is 1. The minimum absolute atomic E-state index is 0.0672. The van der Waals surface area contributed by atoms with Gasteiger partial charge in [-0.1, -0.05) is 23.0 Å². The van der Waals surface area contributed by atoms with Crippen molar-refractivity contribution in [3.8, 4) is 5.75 Å². The molecule has 1 aliphatic rings. The quantitative estimate of drug-likeness (QED) is 0.268. The highest BCUT2D eigenvalue weighted by atomic mass is 31.1. The van der Waals surface area contributed by atoms with Gasteiger partial charge in [-0.15, -0.1) is 0 Å². The zero-order valence-corrected chi connectivity index (χ0v) is 20.3. The molecule has 0 bridgehead atoms. The molecule has 0 radical (unpaired) electrons. The number of aliphatic hydroxyl groups is 1. The molecule has 0 amide bonds. The molecule has 0 spiro atoms. The summed E-state index contributed by atoms with van der Waals surface area (Å²) in [6.07, 6.45) is -3.66. The summed E-state index contributed by atoms with van der Waals surface area (Å²) < 4.78 is 45.0. The number of benzene rings is 1. The number of hydrogen-bond acceptors (Lipinski definition) is 9. The second kappa shape index (κ2) is 11.3. The number of hydrogen-bond donors (Lipinski definition) is 2. The molecule has 2 N–H and O–H groups in total. The Bertz CT molecular complexity index is 1160. The van der Waals surface area contributed by atoms with Crippen LogP contribution in [0.1, 0.15) is 27.0 Å². The Kier molecular flexibility index (Phi) is 8.62. The van der Waals surface area contributed by atoms with Crippen LogP contribution in [0.15, 0.2) is 52.2 Å². The van der Waals surface area contributed by atoms with E-state index in [0.717, 1.165) is 28.6 Å². The molecule has 0 aliphatic carbocycles. The van der Waals surface area contributed by atoms with Crippen molar-refractivity contribution in [1.29, 1.82) is 0 Å². The maximum Gasteiger partial charge on any atom is 0.331 e. The molecule has 2 aromatic rings. The summed E-state index contributed by atoms with van der Waals surface area (Å²) in [4.78, 5) is 44.0. The first-order valence-corrected chi connectivity index (χ1v) is 12.0. The molecule has 6 atom stereocenters. The van der Waals surface area contributed by atoms with Crippen LogP contribution in [-0.2, 0) is 23.7 Å². The van der Waals surface area contributed by atoms with E-state index in [0.29, 0.717) is 0 Å². The minimum atomic E-state index is -3.22. The van der Waals surface area contributed by atoms with E-state index in [1.807, 2.05) is 4.98 Å². The molecular weight excluding hydrogens is 488 g/mol. The fourth-order valence-electron chi connectivity index (χ4n) is 3.43. The number of alkyl halides is 1. The number of ether oxygens (including phenoxy) is 2. The Morgan fingerprint density at radius 1 is 1.34 bits per heavy atom. The molecule has 0 saturated carbocycles. The van der Waals surface area contributed by atoms with Gasteiger partial charge in [0.15, 0.2) is 11.9 Å². The third kappa shape index (κ3) is 6.06. The number of halogens is 1. The number of aliphatic hydroxyl groups excluding tert-OH is 1. The summed E-state index contributed by atoms with van der Waals surface area (Å²) in [5.74, 6) is -0.490. The van der Waals surface area contributed by atoms with Gasteiger partial charge in [-0.05, 0) is 32.9 Å². The lowest BCUT2D eigenvalue weighted by Crippen LogP contribution is -2.44. The normalized spacial score (nSPS) is 25.8. The van der Waals surface area contributed by atoms with Gasteiger partial charge in [0.25, 0.3) is 5.56 Å². The van der Waals surface area contributed by atoms with E-state index >= 15 is 4.39 Å². The van der Waals surface area contributed by atoms with Crippen LogP contribution in [0.5, 0.6) is 5.75 Å². The van der Waals surface area contributed by atoms with Crippen molar-refractivity contribution in [2.75, 3.05) is 13.2 Å². The smallest absolute Gasteiger partial charge is 0.331 e. The Balaban J connectivity index is 1.78. The summed E-state index contributed by atoms with van der Waals surface area (Å²) in [6.45, 7) is 3.53. The maximum atomic E-state index is 15.4. The average molecular weight is 515 g/mol. The van der Waals surface area contributed by atoms with Gasteiger partial charge in [-0.2, -0.15) is 0 Å². The van der Waals surface area contributed by atoms with Crippen LogP contribution in [0, 0.1) is 0 Å². The van der Waals surface area contributed by atoms with E-state index in [1.165, 1.54) is 6.92 Å². The number of aromatic nitrogens is 2. The van der Waals surface area contributed by atoms with E-state index in [-0.39, 0.29) is 12.4 Å². The number of nitrogens with zero attached hydrogens (tertiary/aromatic N) is 2. The van der Waals surface area contributed by atoms with Gasteiger partial charge in [0.1, 0.15) is 24.0 Å². The van der Waals surface area contributed by atoms with Crippen molar-refractivity contribution in [3.63, 3.8) is 0 Å². The van der Waals surface area contributed by atoms with Gasteiger partial charge < -0.3 is 19.1 Å². The Labute approximate surface area is 200 Å². The monoisotopic (exact) mass is 515 g/mol. The molecule has 3 rings (SSSR count). The standard InChI is InChI=1S/C21H27FN3O9P/c1-4-31-18(28)13(2)25(35(30)34-14-8-6-5-7-9-14)32-12-15-17(27)21(3,22)19(33-15)24-11-10-16(26)23-20(24)29/h5-11,13,15,17,19,27,35H,4,12H2,1-3H3,(H,23,26,29)/t13?,15-,17-,19-,21-/m1/s1. The number of rotatable bonds is 10. The van der Waals surface area contributed by atoms with Crippen molar-refractivity contribution >= 4 is 14.1 Å². The van der Waals surface area contributed by atoms with E-state index in [4.69, 9.17) is 18.8 Å². The summed E-state index contributed by atoms with van der Waals surface area (Å²) in [7, 11) is -3.22. The lowest BCUT2D eigenvalue weighted by atomic mass is 9.98. The zero-order valence-electron chi connectivity index (χ0n) is 19.3. The SMILES string of the molecule is CCOC(=O)C(C)N(OC[C@H]1O[C@@H](n2ccc(=O)[nH]c2=O)[C@](C)(F)[C@@H]1O)[PH](=O)Oc1ccccc1.